The average Bonchev–Trinajstić information content (AvgIpc) is 2.59. The first-order valence-electron chi connectivity index (χ1n) is 6.73. The second kappa shape index (κ2) is 6.68. The van der Waals surface area contributed by atoms with Crippen LogP contribution in [0.4, 0.5) is 0 Å². The third-order valence-corrected chi connectivity index (χ3v) is 3.66. The molecule has 1 aromatic rings. The molecule has 0 bridgehead atoms. The molecule has 1 N–H and O–H groups in total. The lowest BCUT2D eigenvalue weighted by atomic mass is 9.94. The van der Waals surface area contributed by atoms with Crippen molar-refractivity contribution in [2.75, 3.05) is 26.8 Å². The highest BCUT2D eigenvalue weighted by Crippen LogP contribution is 2.26. The molecule has 1 heterocycles. The largest absolute Gasteiger partial charge is 0.383 e. The standard InChI is InChI=1S/C15H21NO3/c1-19-10-9-16-11-13(7-8-14(17)15(16)18)12-5-3-2-4-6-12/h2-6,13-14,17H,7-11H2,1H3/t13-,14-/m1/s1. The van der Waals surface area contributed by atoms with Crippen molar-refractivity contribution >= 4 is 5.91 Å². The number of aliphatic hydroxyl groups excluding tert-OH is 1. The zero-order valence-corrected chi connectivity index (χ0v) is 11.3. The maximum absolute atomic E-state index is 12.0. The number of nitrogens with zero attached hydrogens (tertiary/aromatic N) is 1. The van der Waals surface area contributed by atoms with E-state index in [1.807, 2.05) is 18.2 Å². The van der Waals surface area contributed by atoms with Gasteiger partial charge in [-0.1, -0.05) is 30.3 Å². The minimum Gasteiger partial charge on any atom is -0.383 e. The Morgan fingerprint density at radius 1 is 1.32 bits per heavy atom. The van der Waals surface area contributed by atoms with Crippen LogP contribution in [0.15, 0.2) is 30.3 Å². The van der Waals surface area contributed by atoms with E-state index in [9.17, 15) is 9.90 Å². The van der Waals surface area contributed by atoms with E-state index in [0.717, 1.165) is 6.42 Å². The van der Waals surface area contributed by atoms with E-state index in [-0.39, 0.29) is 5.91 Å². The molecule has 0 aromatic heterocycles. The highest BCUT2D eigenvalue weighted by Gasteiger charge is 2.29. The van der Waals surface area contributed by atoms with Crippen molar-refractivity contribution in [1.29, 1.82) is 0 Å². The molecule has 0 unspecified atom stereocenters. The van der Waals surface area contributed by atoms with Crippen LogP contribution in [-0.4, -0.2) is 48.8 Å². The van der Waals surface area contributed by atoms with Gasteiger partial charge >= 0.3 is 0 Å². The Balaban J connectivity index is 2.12. The summed E-state index contributed by atoms with van der Waals surface area (Å²) in [5.74, 6) is 0.120. The number of likely N-dealkylation sites (tertiary alicyclic amines) is 1. The zero-order chi connectivity index (χ0) is 13.7. The van der Waals surface area contributed by atoms with Gasteiger partial charge in [-0.3, -0.25) is 4.79 Å². The highest BCUT2D eigenvalue weighted by atomic mass is 16.5. The van der Waals surface area contributed by atoms with Crippen LogP contribution < -0.4 is 0 Å². The first kappa shape index (κ1) is 14.0. The molecule has 19 heavy (non-hydrogen) atoms. The van der Waals surface area contributed by atoms with Crippen molar-refractivity contribution < 1.29 is 14.6 Å². The van der Waals surface area contributed by atoms with Crippen LogP contribution in [0.25, 0.3) is 0 Å². The Labute approximate surface area is 114 Å². The highest BCUT2D eigenvalue weighted by molar-refractivity contribution is 5.81. The van der Waals surface area contributed by atoms with Gasteiger partial charge in [0.2, 0.25) is 0 Å². The Morgan fingerprint density at radius 3 is 2.74 bits per heavy atom. The van der Waals surface area contributed by atoms with Gasteiger partial charge in [-0.2, -0.15) is 0 Å². The molecule has 4 heteroatoms. The predicted molar refractivity (Wildman–Crippen MR) is 72.9 cm³/mol. The van der Waals surface area contributed by atoms with Crippen molar-refractivity contribution in [2.45, 2.75) is 24.9 Å². The summed E-state index contributed by atoms with van der Waals surface area (Å²) < 4.78 is 5.03. The van der Waals surface area contributed by atoms with Crippen LogP contribution >= 0.6 is 0 Å². The molecule has 0 saturated carbocycles. The second-order valence-corrected chi connectivity index (χ2v) is 4.98. The van der Waals surface area contributed by atoms with Crippen LogP contribution in [0, 0.1) is 0 Å². The fraction of sp³-hybridized carbons (Fsp3) is 0.533. The van der Waals surface area contributed by atoms with Crippen LogP contribution in [0.1, 0.15) is 24.3 Å². The fourth-order valence-electron chi connectivity index (χ4n) is 2.54. The number of amides is 1. The van der Waals surface area contributed by atoms with E-state index >= 15 is 0 Å². The predicted octanol–water partition coefficient (Wildman–Crippen LogP) is 1.40. The van der Waals surface area contributed by atoms with Gasteiger partial charge in [0.15, 0.2) is 0 Å². The molecule has 1 aliphatic rings. The average molecular weight is 263 g/mol. The van der Waals surface area contributed by atoms with Crippen LogP contribution in [0.2, 0.25) is 0 Å². The lowest BCUT2D eigenvalue weighted by molar-refractivity contribution is -0.140. The third-order valence-electron chi connectivity index (χ3n) is 3.66. The summed E-state index contributed by atoms with van der Waals surface area (Å²) in [5.41, 5.74) is 1.23. The maximum atomic E-state index is 12.0. The Bertz CT molecular complexity index is 407. The molecule has 0 spiro atoms. The molecule has 1 aliphatic heterocycles. The summed E-state index contributed by atoms with van der Waals surface area (Å²) in [6, 6.07) is 10.2. The van der Waals surface area contributed by atoms with Crippen LogP contribution in [0.5, 0.6) is 0 Å². The first-order valence-corrected chi connectivity index (χ1v) is 6.73. The van der Waals surface area contributed by atoms with Crippen LogP contribution in [0.3, 0.4) is 0 Å². The number of methoxy groups -OCH3 is 1. The zero-order valence-electron chi connectivity index (χ0n) is 11.3. The first-order chi connectivity index (χ1) is 9.22. The van der Waals surface area contributed by atoms with Gasteiger partial charge < -0.3 is 14.7 Å². The summed E-state index contributed by atoms with van der Waals surface area (Å²) in [6.45, 7) is 1.69. The molecule has 0 radical (unpaired) electrons. The summed E-state index contributed by atoms with van der Waals surface area (Å²) in [7, 11) is 1.62. The Hall–Kier alpha value is -1.39. The van der Waals surface area contributed by atoms with E-state index in [2.05, 4.69) is 12.1 Å². The summed E-state index contributed by atoms with van der Waals surface area (Å²) in [5, 5.41) is 9.86. The minimum atomic E-state index is -0.870. The lowest BCUT2D eigenvalue weighted by Crippen LogP contribution is -2.40. The molecule has 1 aromatic carbocycles. The number of hydrogen-bond acceptors (Lipinski definition) is 3. The molecular weight excluding hydrogens is 242 g/mol. The SMILES string of the molecule is COCCN1C[C@H](c2ccccc2)CC[C@@H](O)C1=O. The molecule has 1 amide bonds. The second-order valence-electron chi connectivity index (χ2n) is 4.98. The van der Waals surface area contributed by atoms with Gasteiger partial charge in [-0.25, -0.2) is 0 Å². The fourth-order valence-corrected chi connectivity index (χ4v) is 2.54. The van der Waals surface area contributed by atoms with E-state index in [0.29, 0.717) is 32.0 Å². The van der Waals surface area contributed by atoms with Gasteiger partial charge in [0.05, 0.1) is 6.61 Å². The maximum Gasteiger partial charge on any atom is 0.251 e. The molecule has 104 valence electrons. The van der Waals surface area contributed by atoms with E-state index in [1.165, 1.54) is 5.56 Å². The molecule has 2 rings (SSSR count). The van der Waals surface area contributed by atoms with Crippen LogP contribution in [-0.2, 0) is 9.53 Å². The normalized spacial score (nSPS) is 24.3. The minimum absolute atomic E-state index is 0.171. The number of rotatable bonds is 4. The summed E-state index contributed by atoms with van der Waals surface area (Å²) >= 11 is 0. The smallest absolute Gasteiger partial charge is 0.251 e. The van der Waals surface area contributed by atoms with Crippen molar-refractivity contribution in [3.8, 4) is 0 Å². The molecule has 1 fully saturated rings. The summed E-state index contributed by atoms with van der Waals surface area (Å²) in [4.78, 5) is 13.8. The molecule has 1 saturated heterocycles. The number of aliphatic hydroxyl groups is 1. The number of carbonyl (C=O) groups excluding carboxylic acids is 1. The number of benzene rings is 1. The van der Waals surface area contributed by atoms with Crippen molar-refractivity contribution in [2.24, 2.45) is 0 Å². The lowest BCUT2D eigenvalue weighted by Gasteiger charge is -2.25. The quantitative estimate of drug-likeness (QED) is 0.893. The monoisotopic (exact) mass is 263 g/mol. The number of hydrogen-bond donors (Lipinski definition) is 1. The third kappa shape index (κ3) is 3.55. The Kier molecular flexibility index (Phi) is 4.93. The topological polar surface area (TPSA) is 49.8 Å². The summed E-state index contributed by atoms with van der Waals surface area (Å²) in [6.07, 6.45) is 0.494. The molecular formula is C15H21NO3. The van der Waals surface area contributed by atoms with Gasteiger partial charge in [0, 0.05) is 26.1 Å². The van der Waals surface area contributed by atoms with Gasteiger partial charge in [-0.15, -0.1) is 0 Å². The molecule has 0 aliphatic carbocycles. The van der Waals surface area contributed by atoms with Crippen molar-refractivity contribution in [1.82, 2.24) is 4.90 Å². The molecule has 2 atom stereocenters. The van der Waals surface area contributed by atoms with Gasteiger partial charge in [0.25, 0.3) is 5.91 Å². The van der Waals surface area contributed by atoms with E-state index in [1.54, 1.807) is 12.0 Å². The van der Waals surface area contributed by atoms with Crippen molar-refractivity contribution in [3.05, 3.63) is 35.9 Å². The van der Waals surface area contributed by atoms with Crippen molar-refractivity contribution in [3.63, 3.8) is 0 Å². The Morgan fingerprint density at radius 2 is 2.05 bits per heavy atom. The number of ether oxygens (including phenoxy) is 1. The van der Waals surface area contributed by atoms with E-state index in [4.69, 9.17) is 4.74 Å². The van der Waals surface area contributed by atoms with E-state index < -0.39 is 6.10 Å². The molecule has 4 nitrogen and oxygen atoms in total. The van der Waals surface area contributed by atoms with Gasteiger partial charge in [0.1, 0.15) is 6.10 Å². The van der Waals surface area contributed by atoms with Gasteiger partial charge in [-0.05, 0) is 18.4 Å². The number of carbonyl (C=O) groups is 1.